The fraction of sp³-hybridized carbons (Fsp3) is 1.00. The smallest absolute Gasteiger partial charge is 0.282 e. The van der Waals surface area contributed by atoms with Gasteiger partial charge in [-0.05, 0) is 25.7 Å². The fourth-order valence-electron chi connectivity index (χ4n) is 2.57. The Balaban J connectivity index is 2.05. The second-order valence-corrected chi connectivity index (χ2v) is 6.90. The van der Waals surface area contributed by atoms with E-state index in [2.05, 4.69) is 0 Å². The highest BCUT2D eigenvalue weighted by Crippen LogP contribution is 2.20. The largest absolute Gasteiger partial charge is 0.392 e. The minimum absolute atomic E-state index is 0.263. The molecule has 5 nitrogen and oxygen atoms in total. The van der Waals surface area contributed by atoms with Crippen molar-refractivity contribution in [2.75, 3.05) is 26.2 Å². The third-order valence-corrected chi connectivity index (χ3v) is 5.58. The Labute approximate surface area is 104 Å². The molecule has 2 heterocycles. The van der Waals surface area contributed by atoms with Crippen molar-refractivity contribution in [3.63, 3.8) is 0 Å². The standard InChI is InChI=1S/C11H22N2O3S/c14-11-6-5-9-13(10-11)17(15,16)12-7-3-1-2-4-8-12/h11,14H,1-10H2/t11-/m0/s1. The van der Waals surface area contributed by atoms with Crippen LogP contribution in [0.3, 0.4) is 0 Å². The van der Waals surface area contributed by atoms with E-state index in [9.17, 15) is 13.5 Å². The van der Waals surface area contributed by atoms with E-state index in [1.165, 1.54) is 4.31 Å². The third-order valence-electron chi connectivity index (χ3n) is 3.58. The van der Waals surface area contributed by atoms with E-state index < -0.39 is 16.3 Å². The van der Waals surface area contributed by atoms with Crippen LogP contribution in [0.15, 0.2) is 0 Å². The van der Waals surface area contributed by atoms with E-state index in [-0.39, 0.29) is 6.54 Å². The van der Waals surface area contributed by atoms with Crippen molar-refractivity contribution < 1.29 is 13.5 Å². The highest BCUT2D eigenvalue weighted by atomic mass is 32.2. The summed E-state index contributed by atoms with van der Waals surface area (Å²) in [6.07, 6.45) is 5.12. The van der Waals surface area contributed by atoms with Crippen LogP contribution in [0.5, 0.6) is 0 Å². The van der Waals surface area contributed by atoms with Crippen LogP contribution >= 0.6 is 0 Å². The first-order valence-corrected chi connectivity index (χ1v) is 7.94. The first kappa shape index (κ1) is 13.3. The van der Waals surface area contributed by atoms with Crippen molar-refractivity contribution in [3.8, 4) is 0 Å². The first-order valence-electron chi connectivity index (χ1n) is 6.54. The lowest BCUT2D eigenvalue weighted by atomic mass is 10.1. The molecule has 1 N–H and O–H groups in total. The Kier molecular flexibility index (Phi) is 4.41. The predicted octanol–water partition coefficient (Wildman–Crippen LogP) is 0.564. The molecule has 0 aromatic heterocycles. The summed E-state index contributed by atoms with van der Waals surface area (Å²) in [4.78, 5) is 0. The van der Waals surface area contributed by atoms with Crippen LogP contribution in [-0.2, 0) is 10.2 Å². The summed E-state index contributed by atoms with van der Waals surface area (Å²) in [5, 5.41) is 9.57. The van der Waals surface area contributed by atoms with Crippen molar-refractivity contribution in [1.29, 1.82) is 0 Å². The molecule has 2 saturated heterocycles. The first-order chi connectivity index (χ1) is 8.10. The van der Waals surface area contributed by atoms with E-state index in [0.29, 0.717) is 26.1 Å². The molecule has 1 atom stereocenters. The molecule has 0 spiro atoms. The fourth-order valence-corrected chi connectivity index (χ4v) is 4.33. The Bertz CT molecular complexity index is 329. The zero-order valence-corrected chi connectivity index (χ0v) is 11.0. The van der Waals surface area contributed by atoms with Gasteiger partial charge in [-0.3, -0.25) is 0 Å². The van der Waals surface area contributed by atoms with E-state index in [0.717, 1.165) is 32.1 Å². The minimum atomic E-state index is -3.33. The van der Waals surface area contributed by atoms with Gasteiger partial charge in [0.15, 0.2) is 0 Å². The quantitative estimate of drug-likeness (QED) is 0.791. The predicted molar refractivity (Wildman–Crippen MR) is 65.8 cm³/mol. The molecular formula is C11H22N2O3S. The van der Waals surface area contributed by atoms with E-state index in [4.69, 9.17) is 0 Å². The summed E-state index contributed by atoms with van der Waals surface area (Å²) in [7, 11) is -3.33. The molecule has 0 radical (unpaired) electrons. The molecule has 2 fully saturated rings. The highest BCUT2D eigenvalue weighted by molar-refractivity contribution is 7.86. The van der Waals surface area contributed by atoms with Gasteiger partial charge in [-0.2, -0.15) is 17.0 Å². The van der Waals surface area contributed by atoms with Gasteiger partial charge in [-0.25, -0.2) is 0 Å². The number of hydrogen-bond donors (Lipinski definition) is 1. The third kappa shape index (κ3) is 3.19. The Hall–Kier alpha value is -0.170. The van der Waals surface area contributed by atoms with Crippen molar-refractivity contribution in [3.05, 3.63) is 0 Å². The van der Waals surface area contributed by atoms with Crippen LogP contribution in [-0.4, -0.2) is 54.4 Å². The van der Waals surface area contributed by atoms with Crippen molar-refractivity contribution >= 4 is 10.2 Å². The second-order valence-electron chi connectivity index (χ2n) is 4.98. The van der Waals surface area contributed by atoms with Crippen molar-refractivity contribution in [2.24, 2.45) is 0 Å². The molecule has 0 amide bonds. The molecule has 0 aromatic rings. The van der Waals surface area contributed by atoms with E-state index >= 15 is 0 Å². The van der Waals surface area contributed by atoms with Gasteiger partial charge in [0.2, 0.25) is 0 Å². The lowest BCUT2D eigenvalue weighted by Gasteiger charge is -2.33. The number of piperidine rings is 1. The Morgan fingerprint density at radius 2 is 1.47 bits per heavy atom. The zero-order valence-electron chi connectivity index (χ0n) is 10.2. The second kappa shape index (κ2) is 5.65. The number of aliphatic hydroxyl groups is 1. The monoisotopic (exact) mass is 262 g/mol. The Morgan fingerprint density at radius 1 is 0.882 bits per heavy atom. The lowest BCUT2D eigenvalue weighted by molar-refractivity contribution is 0.104. The minimum Gasteiger partial charge on any atom is -0.392 e. The van der Waals surface area contributed by atoms with Gasteiger partial charge in [0.05, 0.1) is 6.10 Å². The molecule has 17 heavy (non-hydrogen) atoms. The maximum absolute atomic E-state index is 12.4. The van der Waals surface area contributed by atoms with Gasteiger partial charge in [0, 0.05) is 26.2 Å². The van der Waals surface area contributed by atoms with Crippen LogP contribution < -0.4 is 0 Å². The number of nitrogens with zero attached hydrogens (tertiary/aromatic N) is 2. The average Bonchev–Trinajstić information content (AvgIpc) is 2.58. The molecule has 0 saturated carbocycles. The average molecular weight is 262 g/mol. The summed E-state index contributed by atoms with van der Waals surface area (Å²) in [6.45, 7) is 2.08. The maximum atomic E-state index is 12.4. The highest BCUT2D eigenvalue weighted by Gasteiger charge is 2.33. The molecular weight excluding hydrogens is 240 g/mol. The van der Waals surface area contributed by atoms with Crippen molar-refractivity contribution in [2.45, 2.75) is 44.6 Å². The number of hydrogen-bond acceptors (Lipinski definition) is 3. The SMILES string of the molecule is O=S(=O)(N1CCCCCC1)N1CCC[C@H](O)C1. The molecule has 2 aliphatic rings. The van der Waals surface area contributed by atoms with Gasteiger partial charge >= 0.3 is 0 Å². The summed E-state index contributed by atoms with van der Waals surface area (Å²) in [6, 6.07) is 0. The molecule has 0 bridgehead atoms. The summed E-state index contributed by atoms with van der Waals surface area (Å²) >= 11 is 0. The molecule has 0 aliphatic carbocycles. The molecule has 6 heteroatoms. The summed E-state index contributed by atoms with van der Waals surface area (Å²) in [5.41, 5.74) is 0. The molecule has 2 rings (SSSR count). The van der Waals surface area contributed by atoms with Gasteiger partial charge in [-0.1, -0.05) is 12.8 Å². The van der Waals surface area contributed by atoms with Crippen LogP contribution in [0.2, 0.25) is 0 Å². The van der Waals surface area contributed by atoms with Gasteiger partial charge in [-0.15, -0.1) is 0 Å². The molecule has 0 aromatic carbocycles. The van der Waals surface area contributed by atoms with Gasteiger partial charge < -0.3 is 5.11 Å². The normalized spacial score (nSPS) is 30.1. The summed E-state index contributed by atoms with van der Waals surface area (Å²) in [5.74, 6) is 0. The van der Waals surface area contributed by atoms with Gasteiger partial charge in [0.25, 0.3) is 10.2 Å². The van der Waals surface area contributed by atoms with E-state index in [1.54, 1.807) is 4.31 Å². The lowest BCUT2D eigenvalue weighted by Crippen LogP contribution is -2.49. The Morgan fingerprint density at radius 3 is 2.06 bits per heavy atom. The maximum Gasteiger partial charge on any atom is 0.282 e. The summed E-state index contributed by atoms with van der Waals surface area (Å²) < 4.78 is 27.8. The zero-order chi connectivity index (χ0) is 12.3. The number of aliphatic hydroxyl groups excluding tert-OH is 1. The topological polar surface area (TPSA) is 60.9 Å². The van der Waals surface area contributed by atoms with Crippen molar-refractivity contribution in [1.82, 2.24) is 8.61 Å². The van der Waals surface area contributed by atoms with Crippen LogP contribution in [0.4, 0.5) is 0 Å². The number of rotatable bonds is 2. The van der Waals surface area contributed by atoms with E-state index in [1.807, 2.05) is 0 Å². The molecule has 0 unspecified atom stereocenters. The van der Waals surface area contributed by atoms with Crippen LogP contribution in [0.25, 0.3) is 0 Å². The number of β-amino-alcohol motifs (C(OH)–C–C–N with tert-alkyl or cyclic N) is 1. The molecule has 2 aliphatic heterocycles. The van der Waals surface area contributed by atoms with Crippen LogP contribution in [0.1, 0.15) is 38.5 Å². The van der Waals surface area contributed by atoms with Crippen LogP contribution in [0, 0.1) is 0 Å². The molecule has 100 valence electrons. The van der Waals surface area contributed by atoms with Gasteiger partial charge in [0.1, 0.15) is 0 Å².